The highest BCUT2D eigenvalue weighted by Crippen LogP contribution is 2.14. The Morgan fingerprint density at radius 1 is 1.17 bits per heavy atom. The lowest BCUT2D eigenvalue weighted by Gasteiger charge is -2.36. The minimum Gasteiger partial charge on any atom is -0.357 e. The summed E-state index contributed by atoms with van der Waals surface area (Å²) in [5, 5.41) is 8.25. The Bertz CT molecular complexity index is 797. The number of aliphatic imine (C=N–C) groups is 1. The third-order valence-electron chi connectivity index (χ3n) is 5.04. The van der Waals surface area contributed by atoms with Crippen molar-refractivity contribution in [2.45, 2.75) is 19.9 Å². The number of nitrogens with one attached hydrogen (secondary N) is 2. The van der Waals surface area contributed by atoms with E-state index in [1.807, 2.05) is 29.5 Å². The fourth-order valence-corrected chi connectivity index (χ4v) is 4.22. The minimum atomic E-state index is -0.0518. The van der Waals surface area contributed by atoms with Gasteiger partial charge in [0, 0.05) is 63.3 Å². The molecule has 6 nitrogen and oxygen atoms in total. The normalized spacial score (nSPS) is 15.4. The van der Waals surface area contributed by atoms with Crippen LogP contribution in [0.3, 0.4) is 0 Å². The zero-order chi connectivity index (χ0) is 20.5. The zero-order valence-corrected chi connectivity index (χ0v) is 18.2. The number of nitrogens with zero attached hydrogens (tertiary/aromatic N) is 3. The molecular weight excluding hydrogens is 382 g/mol. The van der Waals surface area contributed by atoms with Gasteiger partial charge in [0.15, 0.2) is 5.96 Å². The molecule has 1 amide bonds. The summed E-state index contributed by atoms with van der Waals surface area (Å²) in [6, 6.07) is 12.1. The summed E-state index contributed by atoms with van der Waals surface area (Å²) >= 11 is 1.83. The van der Waals surface area contributed by atoms with Crippen LogP contribution in [-0.4, -0.2) is 68.0 Å². The summed E-state index contributed by atoms with van der Waals surface area (Å²) in [7, 11) is 1.65. The quantitative estimate of drug-likeness (QED) is 0.541. The summed E-state index contributed by atoms with van der Waals surface area (Å²) in [6.07, 6.45) is 0.818. The molecule has 0 atom stereocenters. The van der Waals surface area contributed by atoms with Gasteiger partial charge in [0.1, 0.15) is 0 Å². The van der Waals surface area contributed by atoms with E-state index in [2.05, 4.69) is 50.9 Å². The number of piperazine rings is 1. The van der Waals surface area contributed by atoms with Gasteiger partial charge in [0.2, 0.25) is 0 Å². The molecule has 0 saturated carbocycles. The Hall–Kier alpha value is -2.38. The van der Waals surface area contributed by atoms with Gasteiger partial charge in [-0.15, -0.1) is 11.3 Å². The van der Waals surface area contributed by atoms with Crippen LogP contribution in [0, 0.1) is 0 Å². The van der Waals surface area contributed by atoms with Crippen LogP contribution < -0.4 is 10.6 Å². The first kappa shape index (κ1) is 21.3. The Morgan fingerprint density at radius 3 is 2.69 bits per heavy atom. The van der Waals surface area contributed by atoms with Gasteiger partial charge in [-0.3, -0.25) is 14.7 Å². The molecule has 7 heteroatoms. The maximum atomic E-state index is 11.8. The first-order valence-corrected chi connectivity index (χ1v) is 11.2. The molecule has 1 aliphatic heterocycles. The largest absolute Gasteiger partial charge is 0.357 e. The maximum absolute atomic E-state index is 11.8. The summed E-state index contributed by atoms with van der Waals surface area (Å²) < 4.78 is 0. The van der Waals surface area contributed by atoms with Crippen LogP contribution in [0.5, 0.6) is 0 Å². The van der Waals surface area contributed by atoms with Gasteiger partial charge in [0.05, 0.1) is 0 Å². The van der Waals surface area contributed by atoms with Crippen molar-refractivity contribution in [3.05, 3.63) is 57.8 Å². The summed E-state index contributed by atoms with van der Waals surface area (Å²) in [6.45, 7) is 8.80. The van der Waals surface area contributed by atoms with Crippen molar-refractivity contribution in [1.82, 2.24) is 20.4 Å². The van der Waals surface area contributed by atoms with Crippen molar-refractivity contribution in [1.29, 1.82) is 0 Å². The van der Waals surface area contributed by atoms with Crippen LogP contribution in [0.25, 0.3) is 0 Å². The average Bonchev–Trinajstić information content (AvgIpc) is 3.26. The lowest BCUT2D eigenvalue weighted by Crippen LogP contribution is -2.52. The van der Waals surface area contributed by atoms with Gasteiger partial charge in [-0.1, -0.05) is 18.2 Å². The number of hydrogen-bond acceptors (Lipinski definition) is 4. The van der Waals surface area contributed by atoms with E-state index in [1.165, 1.54) is 4.88 Å². The molecule has 29 heavy (non-hydrogen) atoms. The monoisotopic (exact) mass is 413 g/mol. The van der Waals surface area contributed by atoms with Gasteiger partial charge in [0.25, 0.3) is 5.91 Å². The first-order chi connectivity index (χ1) is 14.2. The minimum absolute atomic E-state index is 0.0518. The van der Waals surface area contributed by atoms with E-state index in [9.17, 15) is 4.79 Å². The predicted octanol–water partition coefficient (Wildman–Crippen LogP) is 2.43. The SMILES string of the molecule is CCNC(=NCCc1cccc(C(=O)NC)c1)N1CCN(Cc2cccs2)CC1. The van der Waals surface area contributed by atoms with E-state index >= 15 is 0 Å². The van der Waals surface area contributed by atoms with Gasteiger partial charge >= 0.3 is 0 Å². The average molecular weight is 414 g/mol. The molecule has 2 heterocycles. The second-order valence-corrected chi connectivity index (χ2v) is 8.14. The third kappa shape index (κ3) is 6.30. The van der Waals surface area contributed by atoms with Gasteiger partial charge < -0.3 is 15.5 Å². The first-order valence-electron chi connectivity index (χ1n) is 10.3. The highest BCUT2D eigenvalue weighted by molar-refractivity contribution is 7.09. The molecule has 1 aromatic carbocycles. The maximum Gasteiger partial charge on any atom is 0.251 e. The second kappa shape index (κ2) is 11.0. The number of amides is 1. The number of hydrogen-bond donors (Lipinski definition) is 2. The summed E-state index contributed by atoms with van der Waals surface area (Å²) in [4.78, 5) is 22.9. The number of carbonyl (C=O) groups excluding carboxylic acids is 1. The van der Waals surface area contributed by atoms with E-state index in [0.717, 1.165) is 57.2 Å². The number of guanidine groups is 1. The molecule has 2 N–H and O–H groups in total. The van der Waals surface area contributed by atoms with Crippen molar-refractivity contribution in [3.8, 4) is 0 Å². The van der Waals surface area contributed by atoms with Crippen molar-refractivity contribution < 1.29 is 4.79 Å². The Morgan fingerprint density at radius 2 is 2.00 bits per heavy atom. The fourth-order valence-electron chi connectivity index (χ4n) is 3.47. The number of benzene rings is 1. The van der Waals surface area contributed by atoms with Crippen LogP contribution in [0.2, 0.25) is 0 Å². The third-order valence-corrected chi connectivity index (χ3v) is 5.91. The van der Waals surface area contributed by atoms with Gasteiger partial charge in [-0.25, -0.2) is 0 Å². The summed E-state index contributed by atoms with van der Waals surface area (Å²) in [5.41, 5.74) is 1.83. The molecule has 1 saturated heterocycles. The van der Waals surface area contributed by atoms with Gasteiger partial charge in [-0.2, -0.15) is 0 Å². The number of carbonyl (C=O) groups is 1. The van der Waals surface area contributed by atoms with E-state index in [4.69, 9.17) is 4.99 Å². The molecule has 0 unspecified atom stereocenters. The topological polar surface area (TPSA) is 60.0 Å². The zero-order valence-electron chi connectivity index (χ0n) is 17.4. The molecular formula is C22H31N5OS. The number of thiophene rings is 1. The molecule has 0 bridgehead atoms. The van der Waals surface area contributed by atoms with Crippen molar-refractivity contribution in [2.24, 2.45) is 4.99 Å². The smallest absolute Gasteiger partial charge is 0.251 e. The Kier molecular flexibility index (Phi) is 8.07. The molecule has 0 aliphatic carbocycles. The van der Waals surface area contributed by atoms with E-state index in [-0.39, 0.29) is 5.91 Å². The highest BCUT2D eigenvalue weighted by Gasteiger charge is 2.19. The highest BCUT2D eigenvalue weighted by atomic mass is 32.1. The van der Waals surface area contributed by atoms with E-state index < -0.39 is 0 Å². The second-order valence-electron chi connectivity index (χ2n) is 7.11. The molecule has 1 aliphatic rings. The Balaban J connectivity index is 1.53. The van der Waals surface area contributed by atoms with Crippen LogP contribution in [0.4, 0.5) is 0 Å². The summed E-state index contributed by atoms with van der Waals surface area (Å²) in [5.74, 6) is 0.940. The molecule has 156 valence electrons. The van der Waals surface area contributed by atoms with Crippen LogP contribution in [0.1, 0.15) is 27.7 Å². The lowest BCUT2D eigenvalue weighted by atomic mass is 10.1. The molecule has 3 rings (SSSR count). The predicted molar refractivity (Wildman–Crippen MR) is 121 cm³/mol. The van der Waals surface area contributed by atoms with Crippen molar-refractivity contribution >= 4 is 23.2 Å². The number of rotatable bonds is 7. The molecule has 0 spiro atoms. The molecule has 1 fully saturated rings. The van der Waals surface area contributed by atoms with E-state index in [0.29, 0.717) is 12.1 Å². The standard InChI is InChI=1S/C22H31N5OS/c1-3-24-22(25-10-9-18-6-4-7-19(16-18)21(28)23-2)27-13-11-26(12-14-27)17-20-8-5-15-29-20/h4-8,15-16H,3,9-14,17H2,1-2H3,(H,23,28)(H,24,25). The van der Waals surface area contributed by atoms with Crippen LogP contribution in [-0.2, 0) is 13.0 Å². The molecule has 2 aromatic rings. The van der Waals surface area contributed by atoms with Crippen molar-refractivity contribution in [2.75, 3.05) is 46.3 Å². The Labute approximate surface area is 177 Å². The van der Waals surface area contributed by atoms with Crippen LogP contribution >= 0.6 is 11.3 Å². The van der Waals surface area contributed by atoms with Gasteiger partial charge in [-0.05, 0) is 42.5 Å². The fraction of sp³-hybridized carbons (Fsp3) is 0.455. The lowest BCUT2D eigenvalue weighted by molar-refractivity contribution is 0.0963. The molecule has 1 aromatic heterocycles. The molecule has 0 radical (unpaired) electrons. The van der Waals surface area contributed by atoms with Crippen LogP contribution in [0.15, 0.2) is 46.8 Å². The van der Waals surface area contributed by atoms with Crippen molar-refractivity contribution in [3.63, 3.8) is 0 Å². The van der Waals surface area contributed by atoms with E-state index in [1.54, 1.807) is 7.05 Å².